The van der Waals surface area contributed by atoms with E-state index in [4.69, 9.17) is 5.11 Å². The van der Waals surface area contributed by atoms with Crippen molar-refractivity contribution in [1.29, 1.82) is 0 Å². The zero-order valence-corrected chi connectivity index (χ0v) is 25.2. The molecule has 5 rings (SSSR count). The molecule has 11 heteroatoms. The lowest BCUT2D eigenvalue weighted by Crippen LogP contribution is -2.73. The number of aromatic hydroxyl groups is 1. The van der Waals surface area contributed by atoms with E-state index in [-0.39, 0.29) is 49.3 Å². The maximum Gasteiger partial charge on any atom is 0.334 e. The highest BCUT2D eigenvalue weighted by Crippen LogP contribution is 2.30. The number of urea groups is 1. The maximum absolute atomic E-state index is 14.2. The molecule has 2 atom stereocenters. The van der Waals surface area contributed by atoms with Crippen LogP contribution in [0.25, 0.3) is 0 Å². The summed E-state index contributed by atoms with van der Waals surface area (Å²) in [6.07, 6.45) is -0.647. The van der Waals surface area contributed by atoms with E-state index >= 15 is 0 Å². The lowest BCUT2D eigenvalue weighted by atomic mass is 10.0. The first-order chi connectivity index (χ1) is 20.5. The molecule has 2 fully saturated rings. The van der Waals surface area contributed by atoms with Gasteiger partial charge in [0.2, 0.25) is 11.8 Å². The first-order valence-electron chi connectivity index (χ1n) is 14.1. The highest BCUT2D eigenvalue weighted by molar-refractivity contribution is 5.89. The number of carbonyl (C=O) groups excluding carboxylic acids is 3. The van der Waals surface area contributed by atoms with Gasteiger partial charge in [-0.1, -0.05) is 54.1 Å². The van der Waals surface area contributed by atoms with Gasteiger partial charge in [0.15, 0.2) is 0 Å². The Morgan fingerprint density at radius 2 is 1.70 bits per heavy atom. The number of rotatable bonds is 5. The molecule has 2 aliphatic rings. The summed E-state index contributed by atoms with van der Waals surface area (Å²) >= 11 is 0. The number of aryl methyl sites for hydroxylation is 1. The molecule has 0 aromatic heterocycles. The number of nitrogens with zero attached hydrogens (tertiary/aromatic N) is 5. The van der Waals surface area contributed by atoms with Gasteiger partial charge >= 0.3 is 6.03 Å². The first kappa shape index (κ1) is 31.3. The quantitative estimate of drug-likeness (QED) is 0.470. The van der Waals surface area contributed by atoms with E-state index < -0.39 is 6.17 Å². The smallest absolute Gasteiger partial charge is 0.334 e. The van der Waals surface area contributed by atoms with Gasteiger partial charge in [0.25, 0.3) is 0 Å². The van der Waals surface area contributed by atoms with Crippen molar-refractivity contribution in [2.24, 2.45) is 0 Å². The number of anilines is 1. The van der Waals surface area contributed by atoms with Crippen LogP contribution >= 0.6 is 0 Å². The molecule has 2 unspecified atom stereocenters. The predicted octanol–water partition coefficient (Wildman–Crippen LogP) is 3.72. The number of halogens is 1. The third-order valence-electron chi connectivity index (χ3n) is 7.61. The summed E-state index contributed by atoms with van der Waals surface area (Å²) in [5.74, 6) is -0.438. The molecular weight excluding hydrogens is 551 g/mol. The Bertz CT molecular complexity index is 1410. The van der Waals surface area contributed by atoms with E-state index in [1.165, 1.54) is 21.5 Å². The molecule has 2 N–H and O–H groups in total. The van der Waals surface area contributed by atoms with Crippen molar-refractivity contribution in [1.82, 2.24) is 25.1 Å². The number of hydrazine groups is 1. The van der Waals surface area contributed by atoms with Crippen molar-refractivity contribution in [3.8, 4) is 5.75 Å². The van der Waals surface area contributed by atoms with Crippen molar-refractivity contribution in [3.05, 3.63) is 95.3 Å². The molecule has 0 spiro atoms. The average Bonchev–Trinajstić information content (AvgIpc) is 2.98. The number of amides is 4. The number of likely N-dealkylation sites (N-methyl/N-ethyl adjacent to an activating group) is 1. The Labute approximate surface area is 251 Å². The third kappa shape index (κ3) is 7.42. The average molecular weight is 591 g/mol. The predicted molar refractivity (Wildman–Crippen MR) is 162 cm³/mol. The summed E-state index contributed by atoms with van der Waals surface area (Å²) in [4.78, 5) is 43.8. The van der Waals surface area contributed by atoms with Crippen LogP contribution in [-0.2, 0) is 16.1 Å². The Kier molecular flexibility index (Phi) is 9.87. The Hall–Kier alpha value is -4.64. The van der Waals surface area contributed by atoms with Crippen LogP contribution < -0.4 is 10.2 Å². The second-order valence-electron chi connectivity index (χ2n) is 11.0. The summed E-state index contributed by atoms with van der Waals surface area (Å²) in [6, 6.07) is 20.7. The minimum Gasteiger partial charge on any atom is -0.508 e. The van der Waals surface area contributed by atoms with Crippen molar-refractivity contribution in [2.75, 3.05) is 45.7 Å². The number of phenolic OH excluding ortho intramolecular Hbond substituents is 1. The summed E-state index contributed by atoms with van der Waals surface area (Å²) < 4.78 is 14.2. The maximum atomic E-state index is 14.2. The van der Waals surface area contributed by atoms with E-state index in [1.807, 2.05) is 56.3 Å². The molecule has 3 aromatic rings. The summed E-state index contributed by atoms with van der Waals surface area (Å²) in [7, 11) is 5.20. The van der Waals surface area contributed by atoms with Gasteiger partial charge in [-0.3, -0.25) is 9.59 Å². The molecule has 228 valence electrons. The highest BCUT2D eigenvalue weighted by Gasteiger charge is 2.46. The molecule has 3 aromatic carbocycles. The summed E-state index contributed by atoms with van der Waals surface area (Å²) in [6.45, 7) is 4.22. The highest BCUT2D eigenvalue weighted by atomic mass is 19.1. The molecule has 2 heterocycles. The number of phenols is 1. The Balaban J connectivity index is 0.000000458. The summed E-state index contributed by atoms with van der Waals surface area (Å²) in [5.41, 5.74) is 3.32. The Morgan fingerprint density at radius 3 is 2.33 bits per heavy atom. The molecule has 10 nitrogen and oxygen atoms in total. The van der Waals surface area contributed by atoms with Crippen LogP contribution in [0.4, 0.5) is 14.9 Å². The van der Waals surface area contributed by atoms with Gasteiger partial charge in [-0.15, -0.1) is 0 Å². The molecule has 0 aliphatic carbocycles. The molecule has 0 saturated carbocycles. The number of hydrogen-bond acceptors (Lipinski definition) is 6. The zero-order chi connectivity index (χ0) is 31.3. The van der Waals surface area contributed by atoms with Gasteiger partial charge in [-0.2, -0.15) is 0 Å². The van der Waals surface area contributed by atoms with Gasteiger partial charge in [-0.25, -0.2) is 19.2 Å². The molecule has 2 aliphatic heterocycles. The number of carbonyl (C=O) groups is 3. The number of hydrogen-bond donors (Lipinski definition) is 2. The molecule has 0 radical (unpaired) electrons. The normalized spacial score (nSPS) is 17.5. The van der Waals surface area contributed by atoms with Crippen LogP contribution in [0.2, 0.25) is 0 Å². The van der Waals surface area contributed by atoms with Crippen LogP contribution in [0.5, 0.6) is 5.75 Å². The Morgan fingerprint density at radius 1 is 1.02 bits per heavy atom. The first-order valence-corrected chi connectivity index (χ1v) is 14.1. The summed E-state index contributed by atoms with van der Waals surface area (Å²) in [5, 5.41) is 14.8. The van der Waals surface area contributed by atoms with Gasteiger partial charge < -0.3 is 25.1 Å². The van der Waals surface area contributed by atoms with Crippen molar-refractivity contribution in [3.63, 3.8) is 0 Å². The minimum absolute atomic E-state index is 0.00223. The molecule has 0 bridgehead atoms. The van der Waals surface area contributed by atoms with Gasteiger partial charge in [0.1, 0.15) is 24.3 Å². The standard InChI is InChI=1S/C25H31FN6O3.C7H8O/c1-17(19-10-11-20(26)21(12-19)28(2)3)30-14-22-31(16-24(30)34)23(33)15-29(4)32(22)25(35)27-13-18-8-6-5-7-9-18;1-6-2-4-7(8)5-3-6/h5-12,17,22H,13-16H2,1-4H3,(H,27,35);2-5,8H,1H3. The van der Waals surface area contributed by atoms with Crippen LogP contribution in [0, 0.1) is 12.7 Å². The lowest BCUT2D eigenvalue weighted by Gasteiger charge is -2.52. The molecule has 43 heavy (non-hydrogen) atoms. The van der Waals surface area contributed by atoms with Crippen LogP contribution in [0.1, 0.15) is 29.7 Å². The number of benzene rings is 3. The van der Waals surface area contributed by atoms with E-state index in [0.29, 0.717) is 18.0 Å². The van der Waals surface area contributed by atoms with Crippen molar-refractivity contribution in [2.45, 2.75) is 32.6 Å². The SMILES string of the molecule is CC(c1ccc(F)c(N(C)C)c1)N1CC2N(CC1=O)C(=O)CN(C)N2C(=O)NCc1ccccc1.Cc1ccc(O)cc1. The van der Waals surface area contributed by atoms with E-state index in [1.54, 1.807) is 60.2 Å². The largest absolute Gasteiger partial charge is 0.508 e. The van der Waals surface area contributed by atoms with Crippen LogP contribution in [0.15, 0.2) is 72.8 Å². The van der Waals surface area contributed by atoms with Crippen LogP contribution in [-0.4, -0.2) is 89.7 Å². The second-order valence-corrected chi connectivity index (χ2v) is 11.0. The number of fused-ring (bicyclic) bond motifs is 1. The van der Waals surface area contributed by atoms with E-state index in [2.05, 4.69) is 5.32 Å². The topological polar surface area (TPSA) is 99.7 Å². The number of piperazine rings is 1. The third-order valence-corrected chi connectivity index (χ3v) is 7.61. The molecule has 4 amide bonds. The molecular formula is C32H39FN6O4. The number of nitrogens with one attached hydrogen (secondary N) is 1. The van der Waals surface area contributed by atoms with E-state index in [0.717, 1.165) is 11.1 Å². The zero-order valence-electron chi connectivity index (χ0n) is 25.2. The second kappa shape index (κ2) is 13.6. The van der Waals surface area contributed by atoms with Gasteiger partial charge in [0, 0.05) is 27.7 Å². The lowest BCUT2D eigenvalue weighted by molar-refractivity contribution is -0.180. The fourth-order valence-corrected chi connectivity index (χ4v) is 5.15. The minimum atomic E-state index is -0.647. The van der Waals surface area contributed by atoms with Crippen molar-refractivity contribution < 1.29 is 23.9 Å². The fraction of sp³-hybridized carbons (Fsp3) is 0.344. The van der Waals surface area contributed by atoms with Crippen LogP contribution in [0.3, 0.4) is 0 Å². The van der Waals surface area contributed by atoms with Gasteiger partial charge in [0.05, 0.1) is 24.8 Å². The van der Waals surface area contributed by atoms with E-state index in [9.17, 15) is 18.8 Å². The fourth-order valence-electron chi connectivity index (χ4n) is 5.15. The van der Waals surface area contributed by atoms with Crippen molar-refractivity contribution >= 4 is 23.5 Å². The van der Waals surface area contributed by atoms with Gasteiger partial charge in [-0.05, 0) is 49.2 Å². The molecule has 2 saturated heterocycles. The monoisotopic (exact) mass is 590 g/mol.